The summed E-state index contributed by atoms with van der Waals surface area (Å²) in [6.07, 6.45) is 0.322. The molecule has 0 bridgehead atoms. The summed E-state index contributed by atoms with van der Waals surface area (Å²) >= 11 is 0. The summed E-state index contributed by atoms with van der Waals surface area (Å²) in [5.74, 6) is -2.40. The molecule has 25 heavy (non-hydrogen) atoms. The zero-order chi connectivity index (χ0) is 18.2. The standard InChI is InChI=1S/C19H20F2N2O2/c1-2-23(15-8-9-16(20)17(21)13-15)19(25)10-11-22-18(24)12-14-6-4-3-5-7-14/h3-9,13H,2,10-12H2,1H3,(H,22,24). The van der Waals surface area contributed by atoms with Crippen LogP contribution in [0.3, 0.4) is 0 Å². The Morgan fingerprint density at radius 1 is 1.04 bits per heavy atom. The molecule has 0 unspecified atom stereocenters. The Kier molecular flexibility index (Phi) is 6.62. The van der Waals surface area contributed by atoms with Crippen LogP contribution in [0.2, 0.25) is 0 Å². The molecule has 0 radical (unpaired) electrons. The van der Waals surface area contributed by atoms with E-state index in [2.05, 4.69) is 5.32 Å². The number of nitrogens with one attached hydrogen (secondary N) is 1. The molecule has 0 saturated carbocycles. The zero-order valence-electron chi connectivity index (χ0n) is 14.0. The highest BCUT2D eigenvalue weighted by molar-refractivity contribution is 5.93. The second kappa shape index (κ2) is 8.92. The zero-order valence-corrected chi connectivity index (χ0v) is 14.0. The summed E-state index contributed by atoms with van der Waals surface area (Å²) in [6.45, 7) is 2.25. The van der Waals surface area contributed by atoms with Gasteiger partial charge in [-0.25, -0.2) is 8.78 Å². The van der Waals surface area contributed by atoms with E-state index in [9.17, 15) is 18.4 Å². The maximum Gasteiger partial charge on any atom is 0.228 e. The van der Waals surface area contributed by atoms with Gasteiger partial charge in [-0.2, -0.15) is 0 Å². The van der Waals surface area contributed by atoms with Gasteiger partial charge in [0, 0.05) is 31.3 Å². The van der Waals surface area contributed by atoms with Gasteiger partial charge < -0.3 is 10.2 Å². The first-order valence-corrected chi connectivity index (χ1v) is 8.07. The normalized spacial score (nSPS) is 10.4. The molecule has 2 aromatic rings. The first-order valence-electron chi connectivity index (χ1n) is 8.07. The summed E-state index contributed by atoms with van der Waals surface area (Å²) in [7, 11) is 0. The molecule has 4 nitrogen and oxygen atoms in total. The van der Waals surface area contributed by atoms with Crippen molar-refractivity contribution >= 4 is 17.5 Å². The van der Waals surface area contributed by atoms with Crippen molar-refractivity contribution in [2.75, 3.05) is 18.0 Å². The van der Waals surface area contributed by atoms with Crippen molar-refractivity contribution in [1.82, 2.24) is 5.32 Å². The minimum atomic E-state index is -1.00. The molecule has 132 valence electrons. The molecule has 0 fully saturated rings. The number of amides is 2. The third kappa shape index (κ3) is 5.38. The molecule has 0 spiro atoms. The number of carbonyl (C=O) groups is 2. The van der Waals surface area contributed by atoms with Gasteiger partial charge >= 0.3 is 0 Å². The summed E-state index contributed by atoms with van der Waals surface area (Å²) < 4.78 is 26.3. The fraction of sp³-hybridized carbons (Fsp3) is 0.263. The maximum atomic E-state index is 13.3. The number of hydrogen-bond donors (Lipinski definition) is 1. The average Bonchev–Trinajstić information content (AvgIpc) is 2.59. The molecule has 0 atom stereocenters. The summed E-state index contributed by atoms with van der Waals surface area (Å²) in [6, 6.07) is 12.6. The van der Waals surface area contributed by atoms with Gasteiger partial charge in [-0.3, -0.25) is 9.59 Å². The van der Waals surface area contributed by atoms with E-state index in [0.29, 0.717) is 12.2 Å². The van der Waals surface area contributed by atoms with Crippen LogP contribution in [0.4, 0.5) is 14.5 Å². The van der Waals surface area contributed by atoms with E-state index < -0.39 is 11.6 Å². The molecule has 2 amide bonds. The molecular weight excluding hydrogens is 326 g/mol. The SMILES string of the molecule is CCN(C(=O)CCNC(=O)Cc1ccccc1)c1ccc(F)c(F)c1. The molecule has 0 aliphatic rings. The molecule has 0 aliphatic heterocycles. The molecule has 2 aromatic carbocycles. The van der Waals surface area contributed by atoms with Crippen LogP contribution in [0.1, 0.15) is 18.9 Å². The lowest BCUT2D eigenvalue weighted by molar-refractivity contribution is -0.121. The minimum Gasteiger partial charge on any atom is -0.355 e. The Morgan fingerprint density at radius 3 is 2.40 bits per heavy atom. The highest BCUT2D eigenvalue weighted by atomic mass is 19.2. The quantitative estimate of drug-likeness (QED) is 0.838. The van der Waals surface area contributed by atoms with Crippen molar-refractivity contribution < 1.29 is 18.4 Å². The van der Waals surface area contributed by atoms with E-state index in [4.69, 9.17) is 0 Å². The van der Waals surface area contributed by atoms with E-state index in [1.54, 1.807) is 6.92 Å². The first kappa shape index (κ1) is 18.6. The topological polar surface area (TPSA) is 49.4 Å². The lowest BCUT2D eigenvalue weighted by atomic mass is 10.1. The Hall–Kier alpha value is -2.76. The predicted octanol–water partition coefficient (Wildman–Crippen LogP) is 3.07. The van der Waals surface area contributed by atoms with Gasteiger partial charge in [0.1, 0.15) is 0 Å². The van der Waals surface area contributed by atoms with E-state index in [-0.39, 0.29) is 31.2 Å². The number of halogens is 2. The lowest BCUT2D eigenvalue weighted by Crippen LogP contribution is -2.35. The average molecular weight is 346 g/mol. The van der Waals surface area contributed by atoms with E-state index in [1.165, 1.54) is 11.0 Å². The molecule has 0 aliphatic carbocycles. The second-order valence-electron chi connectivity index (χ2n) is 5.50. The van der Waals surface area contributed by atoms with E-state index in [0.717, 1.165) is 17.7 Å². The van der Waals surface area contributed by atoms with Gasteiger partial charge in [0.25, 0.3) is 0 Å². The van der Waals surface area contributed by atoms with E-state index in [1.807, 2.05) is 30.3 Å². The molecule has 0 saturated heterocycles. The fourth-order valence-electron chi connectivity index (χ4n) is 2.44. The number of benzene rings is 2. The third-order valence-corrected chi connectivity index (χ3v) is 3.70. The van der Waals surface area contributed by atoms with Crippen molar-refractivity contribution in [1.29, 1.82) is 0 Å². The van der Waals surface area contributed by atoms with Gasteiger partial charge in [0.05, 0.1) is 6.42 Å². The number of anilines is 1. The Balaban J connectivity index is 1.85. The van der Waals surface area contributed by atoms with Crippen molar-refractivity contribution in [3.05, 3.63) is 65.7 Å². The number of carbonyl (C=O) groups excluding carboxylic acids is 2. The van der Waals surface area contributed by atoms with Crippen LogP contribution in [0.5, 0.6) is 0 Å². The summed E-state index contributed by atoms with van der Waals surface area (Å²) in [4.78, 5) is 25.5. The molecule has 1 N–H and O–H groups in total. The molecule has 0 heterocycles. The van der Waals surface area contributed by atoms with Crippen LogP contribution < -0.4 is 10.2 Å². The minimum absolute atomic E-state index is 0.0768. The summed E-state index contributed by atoms with van der Waals surface area (Å²) in [5.41, 5.74) is 1.19. The molecule has 6 heteroatoms. The van der Waals surface area contributed by atoms with Gasteiger partial charge in [-0.05, 0) is 24.6 Å². The predicted molar refractivity (Wildman–Crippen MR) is 92.2 cm³/mol. The smallest absolute Gasteiger partial charge is 0.228 e. The summed E-state index contributed by atoms with van der Waals surface area (Å²) in [5, 5.41) is 2.69. The highest BCUT2D eigenvalue weighted by Crippen LogP contribution is 2.18. The lowest BCUT2D eigenvalue weighted by Gasteiger charge is -2.21. The maximum absolute atomic E-state index is 13.3. The molecule has 0 aromatic heterocycles. The second-order valence-corrected chi connectivity index (χ2v) is 5.50. The van der Waals surface area contributed by atoms with Gasteiger partial charge in [0.2, 0.25) is 11.8 Å². The first-order chi connectivity index (χ1) is 12.0. The van der Waals surface area contributed by atoms with Crippen LogP contribution >= 0.6 is 0 Å². The Morgan fingerprint density at radius 2 is 1.76 bits per heavy atom. The van der Waals surface area contributed by atoms with Crippen LogP contribution in [0.25, 0.3) is 0 Å². The van der Waals surface area contributed by atoms with Crippen molar-refractivity contribution in [2.24, 2.45) is 0 Å². The van der Waals surface area contributed by atoms with Gasteiger partial charge in [-0.15, -0.1) is 0 Å². The number of hydrogen-bond acceptors (Lipinski definition) is 2. The van der Waals surface area contributed by atoms with Gasteiger partial charge in [-0.1, -0.05) is 30.3 Å². The third-order valence-electron chi connectivity index (χ3n) is 3.70. The van der Waals surface area contributed by atoms with Gasteiger partial charge in [0.15, 0.2) is 11.6 Å². The van der Waals surface area contributed by atoms with Crippen LogP contribution in [-0.2, 0) is 16.0 Å². The Bertz CT molecular complexity index is 735. The van der Waals surface area contributed by atoms with Crippen molar-refractivity contribution in [3.63, 3.8) is 0 Å². The largest absolute Gasteiger partial charge is 0.355 e. The molecular formula is C19H20F2N2O2. The monoisotopic (exact) mass is 346 g/mol. The fourth-order valence-corrected chi connectivity index (χ4v) is 2.44. The van der Waals surface area contributed by atoms with E-state index >= 15 is 0 Å². The van der Waals surface area contributed by atoms with Crippen LogP contribution in [-0.4, -0.2) is 24.9 Å². The Labute approximate surface area is 145 Å². The van der Waals surface area contributed by atoms with Crippen molar-refractivity contribution in [3.8, 4) is 0 Å². The van der Waals surface area contributed by atoms with Crippen LogP contribution in [0, 0.1) is 11.6 Å². The highest BCUT2D eigenvalue weighted by Gasteiger charge is 2.16. The van der Waals surface area contributed by atoms with Crippen molar-refractivity contribution in [2.45, 2.75) is 19.8 Å². The number of nitrogens with zero attached hydrogens (tertiary/aromatic N) is 1. The van der Waals surface area contributed by atoms with Crippen LogP contribution in [0.15, 0.2) is 48.5 Å². The molecule has 2 rings (SSSR count). The number of rotatable bonds is 7.